The molecular formula is C27H34F3N2O4P. The van der Waals surface area contributed by atoms with Gasteiger partial charge in [0, 0.05) is 25.1 Å². The molecule has 6 nitrogen and oxygen atoms in total. The Morgan fingerprint density at radius 1 is 1.08 bits per heavy atom. The molecule has 2 fully saturated rings. The highest BCUT2D eigenvalue weighted by Gasteiger charge is 2.48. The van der Waals surface area contributed by atoms with Crippen LogP contribution in [0.15, 0.2) is 54.6 Å². The Bertz CT molecular complexity index is 1100. The van der Waals surface area contributed by atoms with Crippen molar-refractivity contribution in [2.45, 2.75) is 69.2 Å². The summed E-state index contributed by atoms with van der Waals surface area (Å²) in [6.45, 7) is 0.0133. The van der Waals surface area contributed by atoms with Crippen molar-refractivity contribution in [2.75, 3.05) is 18.3 Å². The van der Waals surface area contributed by atoms with Gasteiger partial charge >= 0.3 is 13.8 Å². The van der Waals surface area contributed by atoms with Gasteiger partial charge in [-0.15, -0.1) is 0 Å². The first-order valence-corrected chi connectivity index (χ1v) is 14.3. The van der Waals surface area contributed by atoms with E-state index in [1.165, 1.54) is 23.9 Å². The van der Waals surface area contributed by atoms with E-state index in [9.17, 15) is 27.6 Å². The van der Waals surface area contributed by atoms with Gasteiger partial charge in [0.15, 0.2) is 5.78 Å². The predicted octanol–water partition coefficient (Wildman–Crippen LogP) is 6.14. The number of anilines is 1. The molecule has 10 heteroatoms. The number of carbonyl (C=O) groups excluding carboxylic acids is 1. The second-order valence-electron chi connectivity index (χ2n) is 10.1. The zero-order valence-corrected chi connectivity index (χ0v) is 21.8. The summed E-state index contributed by atoms with van der Waals surface area (Å²) >= 11 is 0. The van der Waals surface area contributed by atoms with E-state index in [4.69, 9.17) is 4.52 Å². The summed E-state index contributed by atoms with van der Waals surface area (Å²) in [6.07, 6.45) is -0.171. The van der Waals surface area contributed by atoms with Crippen LogP contribution in [-0.4, -0.2) is 36.2 Å². The molecule has 37 heavy (non-hydrogen) atoms. The summed E-state index contributed by atoms with van der Waals surface area (Å²) in [7, 11) is -2.48. The number of nitrogens with zero attached hydrogens (tertiary/aromatic N) is 1. The van der Waals surface area contributed by atoms with Crippen LogP contribution in [0, 0.1) is 5.92 Å². The van der Waals surface area contributed by atoms with Gasteiger partial charge in [0.2, 0.25) is 0 Å². The maximum Gasteiger partial charge on any atom is 0.416 e. The third-order valence-corrected chi connectivity index (χ3v) is 9.83. The van der Waals surface area contributed by atoms with Crippen molar-refractivity contribution >= 4 is 19.1 Å². The summed E-state index contributed by atoms with van der Waals surface area (Å²) in [5.74, 6) is -0.294. The van der Waals surface area contributed by atoms with E-state index in [0.29, 0.717) is 19.3 Å². The predicted molar refractivity (Wildman–Crippen MR) is 136 cm³/mol. The van der Waals surface area contributed by atoms with Crippen LogP contribution in [0.4, 0.5) is 18.9 Å². The van der Waals surface area contributed by atoms with Gasteiger partial charge in [-0.05, 0) is 55.5 Å². The lowest BCUT2D eigenvalue weighted by Crippen LogP contribution is -2.51. The highest BCUT2D eigenvalue weighted by Crippen LogP contribution is 2.53. The van der Waals surface area contributed by atoms with Crippen molar-refractivity contribution in [1.29, 1.82) is 0 Å². The fourth-order valence-electron chi connectivity index (χ4n) is 5.27. The van der Waals surface area contributed by atoms with E-state index in [-0.39, 0.29) is 30.4 Å². The van der Waals surface area contributed by atoms with Crippen LogP contribution in [0.25, 0.3) is 0 Å². The molecule has 0 amide bonds. The minimum atomic E-state index is -4.49. The average Bonchev–Trinajstić information content (AvgIpc) is 3.52. The molecule has 0 heterocycles. The Labute approximate surface area is 215 Å². The molecule has 2 unspecified atom stereocenters. The number of halogens is 3. The Kier molecular flexibility index (Phi) is 8.48. The number of hydrogen-bond acceptors (Lipinski definition) is 4. The number of nitrogens with one attached hydrogen (secondary N) is 1. The monoisotopic (exact) mass is 538 g/mol. The molecule has 2 aliphatic carbocycles. The average molecular weight is 539 g/mol. The zero-order chi connectivity index (χ0) is 26.7. The number of carbonyl (C=O) groups is 1. The van der Waals surface area contributed by atoms with Crippen LogP contribution < -0.4 is 9.76 Å². The first-order chi connectivity index (χ1) is 17.5. The summed E-state index contributed by atoms with van der Waals surface area (Å²) in [4.78, 5) is 13.6. The molecule has 0 spiro atoms. The SMILES string of the molecule is CN(c1ccc(C(F)(F)F)cc1)P(=O)(NC1(C(=O)Cc2ccccc2)CCCC1)OCC1CCC[C@H]1O. The van der Waals surface area contributed by atoms with Gasteiger partial charge in [0.1, 0.15) is 0 Å². The Morgan fingerprint density at radius 2 is 1.73 bits per heavy atom. The van der Waals surface area contributed by atoms with Crippen LogP contribution in [0.1, 0.15) is 56.1 Å². The maximum atomic E-state index is 14.5. The third kappa shape index (κ3) is 6.45. The molecule has 2 aromatic carbocycles. The van der Waals surface area contributed by atoms with Crippen LogP contribution in [-0.2, 0) is 26.5 Å². The van der Waals surface area contributed by atoms with Crippen molar-refractivity contribution in [3.63, 3.8) is 0 Å². The second kappa shape index (κ2) is 11.3. The molecule has 2 N–H and O–H groups in total. The number of benzene rings is 2. The van der Waals surface area contributed by atoms with Crippen molar-refractivity contribution in [2.24, 2.45) is 5.92 Å². The first-order valence-electron chi connectivity index (χ1n) is 12.7. The minimum absolute atomic E-state index is 0.0133. The van der Waals surface area contributed by atoms with Gasteiger partial charge in [0.05, 0.1) is 23.8 Å². The van der Waals surface area contributed by atoms with E-state index in [0.717, 1.165) is 43.4 Å². The van der Waals surface area contributed by atoms with Crippen LogP contribution in [0.5, 0.6) is 0 Å². The van der Waals surface area contributed by atoms with Gasteiger partial charge in [0.25, 0.3) is 0 Å². The third-order valence-electron chi connectivity index (χ3n) is 7.60. The normalized spacial score (nSPS) is 23.1. The number of alkyl halides is 3. The number of Topliss-reactive ketones (excluding diaryl/α,β-unsaturated/α-hetero) is 1. The summed E-state index contributed by atoms with van der Waals surface area (Å²) in [5.41, 5.74) is -0.784. The number of rotatable bonds is 10. The molecule has 2 aromatic rings. The van der Waals surface area contributed by atoms with E-state index in [2.05, 4.69) is 5.09 Å². The highest BCUT2D eigenvalue weighted by molar-refractivity contribution is 7.58. The van der Waals surface area contributed by atoms with Gasteiger partial charge in [-0.3, -0.25) is 9.46 Å². The van der Waals surface area contributed by atoms with Crippen molar-refractivity contribution in [1.82, 2.24) is 5.09 Å². The van der Waals surface area contributed by atoms with E-state index >= 15 is 0 Å². The summed E-state index contributed by atoms with van der Waals surface area (Å²) < 4.78 is 61.2. The van der Waals surface area contributed by atoms with E-state index < -0.39 is 31.1 Å². The molecule has 0 saturated heterocycles. The van der Waals surface area contributed by atoms with E-state index in [1.807, 2.05) is 30.3 Å². The molecule has 3 atom stereocenters. The fraction of sp³-hybridized carbons (Fsp3) is 0.519. The molecule has 0 aromatic heterocycles. The number of hydrogen-bond donors (Lipinski definition) is 2. The number of aliphatic hydroxyl groups is 1. The Morgan fingerprint density at radius 3 is 2.30 bits per heavy atom. The van der Waals surface area contributed by atoms with Crippen molar-refractivity contribution in [3.8, 4) is 0 Å². The lowest BCUT2D eigenvalue weighted by molar-refractivity contribution is -0.137. The zero-order valence-electron chi connectivity index (χ0n) is 20.9. The number of aliphatic hydroxyl groups excluding tert-OH is 1. The van der Waals surface area contributed by atoms with Gasteiger partial charge in [-0.2, -0.15) is 13.2 Å². The van der Waals surface area contributed by atoms with Crippen molar-refractivity contribution in [3.05, 3.63) is 65.7 Å². The van der Waals surface area contributed by atoms with Gasteiger partial charge < -0.3 is 9.63 Å². The van der Waals surface area contributed by atoms with Crippen molar-refractivity contribution < 1.29 is 32.2 Å². The number of ketones is 1. The maximum absolute atomic E-state index is 14.5. The fourth-order valence-corrected chi connectivity index (χ4v) is 7.38. The first kappa shape index (κ1) is 27.8. The molecule has 2 aliphatic rings. The van der Waals surface area contributed by atoms with Gasteiger partial charge in [-0.1, -0.05) is 49.6 Å². The quantitative estimate of drug-likeness (QED) is 0.354. The highest BCUT2D eigenvalue weighted by atomic mass is 31.2. The van der Waals surface area contributed by atoms with Crippen LogP contribution in [0.3, 0.4) is 0 Å². The minimum Gasteiger partial charge on any atom is -0.393 e. The lowest BCUT2D eigenvalue weighted by Gasteiger charge is -2.38. The van der Waals surface area contributed by atoms with Crippen LogP contribution >= 0.6 is 7.67 Å². The molecular weight excluding hydrogens is 504 g/mol. The Balaban J connectivity index is 1.62. The largest absolute Gasteiger partial charge is 0.416 e. The molecule has 2 saturated carbocycles. The van der Waals surface area contributed by atoms with Gasteiger partial charge in [-0.25, -0.2) is 9.65 Å². The van der Waals surface area contributed by atoms with Crippen LogP contribution in [0.2, 0.25) is 0 Å². The van der Waals surface area contributed by atoms with E-state index in [1.54, 1.807) is 0 Å². The second-order valence-corrected chi connectivity index (χ2v) is 12.3. The molecule has 4 rings (SSSR count). The lowest BCUT2D eigenvalue weighted by atomic mass is 9.89. The molecule has 0 radical (unpaired) electrons. The standard InChI is InChI=1S/C27H34F3N2O4P/c1-32(23-14-12-22(13-15-23)27(28,29)30)37(35,36-19-21-10-7-11-24(21)33)31-26(16-5-6-17-26)25(34)18-20-8-3-2-4-9-20/h2-4,8-9,12-15,21,24,33H,5-7,10-11,16-19H2,1H3,(H,31,35)/t21?,24-,37?/m1/s1. The molecule has 202 valence electrons. The summed E-state index contributed by atoms with van der Waals surface area (Å²) in [6, 6.07) is 13.7. The Hall–Kier alpha value is -2.19. The topological polar surface area (TPSA) is 78.9 Å². The summed E-state index contributed by atoms with van der Waals surface area (Å²) in [5, 5.41) is 13.4. The smallest absolute Gasteiger partial charge is 0.393 e. The molecule has 0 aliphatic heterocycles. The molecule has 0 bridgehead atoms.